The summed E-state index contributed by atoms with van der Waals surface area (Å²) in [5.41, 5.74) is 2.60. The second-order valence-corrected chi connectivity index (χ2v) is 4.53. The van der Waals surface area contributed by atoms with Crippen LogP contribution in [0.5, 0.6) is 5.75 Å². The molecule has 0 spiro atoms. The van der Waals surface area contributed by atoms with Crippen LogP contribution in [-0.2, 0) is 6.42 Å². The number of rotatable bonds is 4. The van der Waals surface area contributed by atoms with Gasteiger partial charge < -0.3 is 4.74 Å². The highest BCUT2D eigenvalue weighted by atomic mass is 32.1. The molecule has 0 radical (unpaired) electrons. The van der Waals surface area contributed by atoms with Gasteiger partial charge in [-0.3, -0.25) is 0 Å². The minimum atomic E-state index is 0.914. The number of thiophene rings is 1. The third-order valence-corrected chi connectivity index (χ3v) is 3.39. The highest BCUT2D eigenvalue weighted by molar-refractivity contribution is 7.11. The van der Waals surface area contributed by atoms with Crippen molar-refractivity contribution in [2.24, 2.45) is 0 Å². The minimum absolute atomic E-state index is 0.914. The van der Waals surface area contributed by atoms with Gasteiger partial charge in [0, 0.05) is 4.88 Å². The molecule has 1 aromatic carbocycles. The summed E-state index contributed by atoms with van der Waals surface area (Å²) in [7, 11) is 1.69. The highest BCUT2D eigenvalue weighted by Crippen LogP contribution is 2.20. The van der Waals surface area contributed by atoms with Gasteiger partial charge in [0.05, 0.1) is 7.11 Å². The first kappa shape index (κ1) is 11.0. The molecule has 2 aromatic rings. The maximum Gasteiger partial charge on any atom is 0.119 e. The monoisotopic (exact) mass is 230 g/mol. The Morgan fingerprint density at radius 1 is 1.31 bits per heavy atom. The van der Waals surface area contributed by atoms with E-state index in [1.165, 1.54) is 16.0 Å². The van der Waals surface area contributed by atoms with E-state index >= 15 is 0 Å². The Morgan fingerprint density at radius 3 is 2.88 bits per heavy atom. The second kappa shape index (κ2) is 4.99. The van der Waals surface area contributed by atoms with Gasteiger partial charge in [0.15, 0.2) is 0 Å². The van der Waals surface area contributed by atoms with Gasteiger partial charge in [0.2, 0.25) is 0 Å². The van der Waals surface area contributed by atoms with Crippen LogP contribution in [0.3, 0.4) is 0 Å². The Kier molecular flexibility index (Phi) is 3.42. The first-order valence-corrected chi connectivity index (χ1v) is 6.02. The van der Waals surface area contributed by atoms with Gasteiger partial charge >= 0.3 is 0 Å². The molecule has 1 heterocycles. The second-order valence-electron chi connectivity index (χ2n) is 3.59. The summed E-state index contributed by atoms with van der Waals surface area (Å²) in [6.07, 6.45) is 2.83. The van der Waals surface area contributed by atoms with Crippen LogP contribution in [0.1, 0.15) is 16.0 Å². The Balaban J connectivity index is 2.16. The van der Waals surface area contributed by atoms with Gasteiger partial charge in [-0.1, -0.05) is 24.8 Å². The van der Waals surface area contributed by atoms with Crippen molar-refractivity contribution in [1.29, 1.82) is 0 Å². The molecule has 0 atom stereocenters. The third kappa shape index (κ3) is 2.52. The van der Waals surface area contributed by atoms with E-state index in [1.54, 1.807) is 18.4 Å². The minimum Gasteiger partial charge on any atom is -0.497 e. The number of hydrogen-bond donors (Lipinski definition) is 0. The summed E-state index contributed by atoms with van der Waals surface area (Å²) < 4.78 is 5.21. The molecule has 2 rings (SSSR count). The van der Waals surface area contributed by atoms with E-state index in [4.69, 9.17) is 4.74 Å². The van der Waals surface area contributed by atoms with Crippen molar-refractivity contribution in [3.05, 3.63) is 58.3 Å². The molecule has 1 aromatic heterocycles. The van der Waals surface area contributed by atoms with Crippen LogP contribution >= 0.6 is 11.3 Å². The molecule has 0 aliphatic heterocycles. The van der Waals surface area contributed by atoms with Crippen LogP contribution in [0.15, 0.2) is 42.3 Å². The number of methoxy groups -OCH3 is 1. The van der Waals surface area contributed by atoms with Crippen molar-refractivity contribution in [1.82, 2.24) is 0 Å². The van der Waals surface area contributed by atoms with Gasteiger partial charge in [-0.05, 0) is 41.1 Å². The van der Waals surface area contributed by atoms with Gasteiger partial charge in [-0.15, -0.1) is 11.3 Å². The van der Waals surface area contributed by atoms with Gasteiger partial charge in [-0.25, -0.2) is 0 Å². The standard InChI is InChI=1S/C14H14OS/c1-3-14-9-12(10-16-14)7-11-5-4-6-13(8-11)15-2/h3-6,8-10H,1,7H2,2H3. The lowest BCUT2D eigenvalue weighted by molar-refractivity contribution is 0.414. The number of benzene rings is 1. The van der Waals surface area contributed by atoms with Crippen molar-refractivity contribution in [3.63, 3.8) is 0 Å². The molecule has 0 saturated carbocycles. The van der Waals surface area contributed by atoms with E-state index in [9.17, 15) is 0 Å². The fourth-order valence-corrected chi connectivity index (χ4v) is 2.37. The molecule has 2 heteroatoms. The van der Waals surface area contributed by atoms with E-state index in [2.05, 4.69) is 30.2 Å². The van der Waals surface area contributed by atoms with Crippen LogP contribution in [0.25, 0.3) is 6.08 Å². The smallest absolute Gasteiger partial charge is 0.119 e. The molecule has 16 heavy (non-hydrogen) atoms. The lowest BCUT2D eigenvalue weighted by atomic mass is 10.1. The van der Waals surface area contributed by atoms with Gasteiger partial charge in [-0.2, -0.15) is 0 Å². The zero-order chi connectivity index (χ0) is 11.4. The van der Waals surface area contributed by atoms with Crippen LogP contribution < -0.4 is 4.74 Å². The van der Waals surface area contributed by atoms with E-state index < -0.39 is 0 Å². The zero-order valence-corrected chi connectivity index (χ0v) is 10.1. The largest absolute Gasteiger partial charge is 0.497 e. The molecular weight excluding hydrogens is 216 g/mol. The first-order chi connectivity index (χ1) is 7.81. The Morgan fingerprint density at radius 2 is 2.19 bits per heavy atom. The van der Waals surface area contributed by atoms with Gasteiger partial charge in [0.1, 0.15) is 5.75 Å². The molecule has 0 saturated heterocycles. The molecule has 0 bridgehead atoms. The molecule has 0 amide bonds. The van der Waals surface area contributed by atoms with Crippen LogP contribution in [0.2, 0.25) is 0 Å². The normalized spacial score (nSPS) is 10.1. The Bertz CT molecular complexity index is 485. The maximum absolute atomic E-state index is 5.21. The van der Waals surface area contributed by atoms with E-state index in [-0.39, 0.29) is 0 Å². The molecule has 0 unspecified atom stereocenters. The van der Waals surface area contributed by atoms with Crippen LogP contribution in [0.4, 0.5) is 0 Å². The van der Waals surface area contributed by atoms with Gasteiger partial charge in [0.25, 0.3) is 0 Å². The summed E-state index contributed by atoms with van der Waals surface area (Å²) in [5, 5.41) is 2.18. The zero-order valence-electron chi connectivity index (χ0n) is 9.27. The third-order valence-electron chi connectivity index (χ3n) is 2.42. The number of ether oxygens (including phenoxy) is 1. The van der Waals surface area contributed by atoms with Crippen molar-refractivity contribution >= 4 is 17.4 Å². The maximum atomic E-state index is 5.21. The molecule has 0 fully saturated rings. The van der Waals surface area contributed by atoms with E-state index in [0.717, 1.165) is 12.2 Å². The average molecular weight is 230 g/mol. The van der Waals surface area contributed by atoms with Crippen LogP contribution in [-0.4, -0.2) is 7.11 Å². The first-order valence-electron chi connectivity index (χ1n) is 5.14. The van der Waals surface area contributed by atoms with E-state index in [1.807, 2.05) is 18.2 Å². The summed E-state index contributed by atoms with van der Waals surface area (Å²) in [5.74, 6) is 0.914. The summed E-state index contributed by atoms with van der Waals surface area (Å²) in [4.78, 5) is 1.22. The summed E-state index contributed by atoms with van der Waals surface area (Å²) >= 11 is 1.73. The average Bonchev–Trinajstić information content (AvgIpc) is 2.77. The summed E-state index contributed by atoms with van der Waals surface area (Å²) in [6, 6.07) is 10.4. The Labute approximate surface area is 100 Å². The van der Waals surface area contributed by atoms with Crippen molar-refractivity contribution in [2.75, 3.05) is 7.11 Å². The lowest BCUT2D eigenvalue weighted by Gasteiger charge is -2.02. The van der Waals surface area contributed by atoms with Crippen molar-refractivity contribution in [2.45, 2.75) is 6.42 Å². The molecule has 82 valence electrons. The van der Waals surface area contributed by atoms with Crippen molar-refractivity contribution in [3.8, 4) is 5.75 Å². The van der Waals surface area contributed by atoms with E-state index in [0.29, 0.717) is 0 Å². The van der Waals surface area contributed by atoms with Crippen molar-refractivity contribution < 1.29 is 4.74 Å². The summed E-state index contributed by atoms with van der Waals surface area (Å²) in [6.45, 7) is 3.77. The fraction of sp³-hybridized carbons (Fsp3) is 0.143. The predicted molar refractivity (Wildman–Crippen MR) is 70.2 cm³/mol. The Hall–Kier alpha value is -1.54. The molecule has 0 aliphatic rings. The quantitative estimate of drug-likeness (QED) is 0.771. The highest BCUT2D eigenvalue weighted by Gasteiger charge is 2.00. The topological polar surface area (TPSA) is 9.23 Å². The fourth-order valence-electron chi connectivity index (χ4n) is 1.61. The predicted octanol–water partition coefficient (Wildman–Crippen LogP) is 3.99. The molecular formula is C14H14OS. The van der Waals surface area contributed by atoms with Crippen LogP contribution in [0, 0.1) is 0 Å². The lowest BCUT2D eigenvalue weighted by Crippen LogP contribution is -1.88. The molecule has 0 aliphatic carbocycles. The number of hydrogen-bond acceptors (Lipinski definition) is 2. The molecule has 0 N–H and O–H groups in total. The molecule has 1 nitrogen and oxygen atoms in total. The SMILES string of the molecule is C=Cc1cc(Cc2cccc(OC)c2)cs1.